The van der Waals surface area contributed by atoms with Crippen LogP contribution in [0, 0.1) is 0 Å². The monoisotopic (exact) mass is 236 g/mol. The lowest BCUT2D eigenvalue weighted by Gasteiger charge is -2.14. The zero-order valence-electron chi connectivity index (χ0n) is 6.18. The molecule has 0 aromatic carbocycles. The van der Waals surface area contributed by atoms with Crippen molar-refractivity contribution in [3.05, 3.63) is 0 Å². The Morgan fingerprint density at radius 2 is 2.17 bits per heavy atom. The molecule has 0 fully saturated rings. The van der Waals surface area contributed by atoms with Gasteiger partial charge < -0.3 is 4.74 Å². The summed E-state index contributed by atoms with van der Waals surface area (Å²) in [5.74, 6) is -1.43. The first-order valence-electron chi connectivity index (χ1n) is 2.87. The molecule has 0 aromatic rings. The fourth-order valence-electron chi connectivity index (χ4n) is 0.410. The van der Waals surface area contributed by atoms with Crippen molar-refractivity contribution >= 4 is 40.0 Å². The summed E-state index contributed by atoms with van der Waals surface area (Å²) in [7, 11) is -0.929. The first-order valence-corrected chi connectivity index (χ1v) is 4.95. The van der Waals surface area contributed by atoms with Gasteiger partial charge in [0.2, 0.25) is 0 Å². The molecule has 0 aliphatic heterocycles. The van der Waals surface area contributed by atoms with E-state index in [1.807, 2.05) is 0 Å². The van der Waals surface area contributed by atoms with E-state index in [-0.39, 0.29) is 5.75 Å². The average molecular weight is 237 g/mol. The third-order valence-corrected chi connectivity index (χ3v) is 3.58. The zero-order chi connectivity index (χ0) is 9.78. The van der Waals surface area contributed by atoms with Gasteiger partial charge in [0, 0.05) is 0 Å². The van der Waals surface area contributed by atoms with Crippen LogP contribution < -0.4 is 0 Å². The molecule has 72 valence electrons. The Morgan fingerprint density at radius 1 is 1.67 bits per heavy atom. The number of ether oxygens (including phenoxy) is 1. The summed E-state index contributed by atoms with van der Waals surface area (Å²) in [6.45, 7) is -0.856. The maximum absolute atomic E-state index is 11.7. The highest BCUT2D eigenvalue weighted by molar-refractivity contribution is 7.90. The molecule has 0 rings (SSSR count). The minimum absolute atomic E-state index is 0.387. The van der Waals surface area contributed by atoms with Gasteiger partial charge >= 0.3 is 5.97 Å². The number of esters is 1. The first kappa shape index (κ1) is 12.1. The van der Waals surface area contributed by atoms with Crippen LogP contribution in [0.2, 0.25) is 0 Å². The van der Waals surface area contributed by atoms with Crippen LogP contribution >= 0.6 is 23.2 Å². The number of carbonyl (C=O) groups is 1. The minimum atomic E-state index is -2.17. The molecule has 0 aliphatic rings. The molecule has 0 spiro atoms. The van der Waals surface area contributed by atoms with Crippen LogP contribution in [-0.2, 0) is 20.3 Å². The molecule has 7 heteroatoms. The van der Waals surface area contributed by atoms with Crippen LogP contribution in [0.4, 0.5) is 4.39 Å². The molecule has 0 aliphatic carbocycles. The molecule has 0 bridgehead atoms. The van der Waals surface area contributed by atoms with Gasteiger partial charge in [0.25, 0.3) is 3.67 Å². The van der Waals surface area contributed by atoms with Crippen molar-refractivity contribution in [1.82, 2.24) is 0 Å². The van der Waals surface area contributed by atoms with E-state index < -0.39 is 27.1 Å². The van der Waals surface area contributed by atoms with E-state index in [0.717, 1.165) is 7.11 Å². The molecule has 0 amide bonds. The third-order valence-electron chi connectivity index (χ3n) is 0.972. The van der Waals surface area contributed by atoms with E-state index in [2.05, 4.69) is 4.74 Å². The van der Waals surface area contributed by atoms with Crippen molar-refractivity contribution in [1.29, 1.82) is 0 Å². The molecule has 0 saturated heterocycles. The van der Waals surface area contributed by atoms with Crippen molar-refractivity contribution in [3.8, 4) is 0 Å². The van der Waals surface area contributed by atoms with Crippen LogP contribution in [0.25, 0.3) is 0 Å². The molecular formula is C5H7Cl2FO3S. The Labute approximate surface area is 81.6 Å². The van der Waals surface area contributed by atoms with Gasteiger partial charge in [-0.3, -0.25) is 8.60 Å². The summed E-state index contributed by atoms with van der Waals surface area (Å²) in [4.78, 5) is 10.7. The minimum Gasteiger partial charge on any atom is -0.466 e. The molecule has 1 unspecified atom stereocenters. The number of hydrogen-bond donors (Lipinski definition) is 0. The maximum Gasteiger partial charge on any atom is 0.355 e. The zero-order valence-corrected chi connectivity index (χ0v) is 8.51. The second-order valence-electron chi connectivity index (χ2n) is 1.75. The highest BCUT2D eigenvalue weighted by atomic mass is 35.5. The fraction of sp³-hybridized carbons (Fsp3) is 0.800. The third kappa shape index (κ3) is 2.88. The van der Waals surface area contributed by atoms with Gasteiger partial charge in [-0.15, -0.1) is 0 Å². The Kier molecular flexibility index (Phi) is 5.04. The highest BCUT2D eigenvalue weighted by Crippen LogP contribution is 2.27. The number of alkyl halides is 3. The summed E-state index contributed by atoms with van der Waals surface area (Å²) in [6.07, 6.45) is 0. The Bertz CT molecular complexity index is 197. The standard InChI is InChI=1S/C5H7Cl2FO3S/c1-11-4(9)5(6,7)12(10)3-2-8/h2-3H2,1H3. The van der Waals surface area contributed by atoms with E-state index in [0.29, 0.717) is 0 Å². The summed E-state index contributed by atoms with van der Waals surface area (Å²) < 4.78 is 24.6. The van der Waals surface area contributed by atoms with Gasteiger partial charge in [-0.25, -0.2) is 4.79 Å². The lowest BCUT2D eigenvalue weighted by Crippen LogP contribution is -2.34. The second-order valence-corrected chi connectivity index (χ2v) is 5.23. The Morgan fingerprint density at radius 3 is 2.50 bits per heavy atom. The summed E-state index contributed by atoms with van der Waals surface area (Å²) in [5, 5.41) is 0. The number of carbonyl (C=O) groups excluding carboxylic acids is 1. The van der Waals surface area contributed by atoms with E-state index >= 15 is 0 Å². The molecule has 12 heavy (non-hydrogen) atoms. The van der Waals surface area contributed by atoms with Gasteiger partial charge in [0.15, 0.2) is 0 Å². The second kappa shape index (κ2) is 4.99. The van der Waals surface area contributed by atoms with Gasteiger partial charge in [-0.2, -0.15) is 0 Å². The molecule has 0 aromatic heterocycles. The topological polar surface area (TPSA) is 43.4 Å². The van der Waals surface area contributed by atoms with Crippen molar-refractivity contribution in [2.24, 2.45) is 0 Å². The predicted molar refractivity (Wildman–Crippen MR) is 45.4 cm³/mol. The van der Waals surface area contributed by atoms with Crippen molar-refractivity contribution in [3.63, 3.8) is 0 Å². The smallest absolute Gasteiger partial charge is 0.355 e. The van der Waals surface area contributed by atoms with Crippen LogP contribution in [0.3, 0.4) is 0 Å². The largest absolute Gasteiger partial charge is 0.466 e. The van der Waals surface area contributed by atoms with Gasteiger partial charge in [-0.05, 0) is 0 Å². The molecule has 0 heterocycles. The van der Waals surface area contributed by atoms with E-state index in [4.69, 9.17) is 23.2 Å². The maximum atomic E-state index is 11.7. The van der Waals surface area contributed by atoms with Gasteiger partial charge in [0.05, 0.1) is 23.7 Å². The molecule has 3 nitrogen and oxygen atoms in total. The summed E-state index contributed by atoms with van der Waals surface area (Å²) >= 11 is 10.7. The molecule has 0 saturated carbocycles. The van der Waals surface area contributed by atoms with E-state index in [9.17, 15) is 13.4 Å². The van der Waals surface area contributed by atoms with Crippen LogP contribution in [0.15, 0.2) is 0 Å². The van der Waals surface area contributed by atoms with Crippen molar-refractivity contribution in [2.45, 2.75) is 3.67 Å². The Hall–Kier alpha value is 0.130. The van der Waals surface area contributed by atoms with Crippen molar-refractivity contribution < 1.29 is 18.1 Å². The molecule has 0 N–H and O–H groups in total. The summed E-state index contributed by atoms with van der Waals surface area (Å²) in [6, 6.07) is 0. The van der Waals surface area contributed by atoms with Gasteiger partial charge in [0.1, 0.15) is 6.67 Å². The van der Waals surface area contributed by atoms with Crippen LogP contribution in [-0.4, -0.2) is 33.4 Å². The van der Waals surface area contributed by atoms with Crippen LogP contribution in [0.1, 0.15) is 0 Å². The number of halogens is 3. The lowest BCUT2D eigenvalue weighted by molar-refractivity contribution is -0.139. The molecular weight excluding hydrogens is 230 g/mol. The summed E-state index contributed by atoms with van der Waals surface area (Å²) in [5.41, 5.74) is 0. The predicted octanol–water partition coefficient (Wildman–Crippen LogP) is 1.01. The normalized spacial score (nSPS) is 14.0. The Balaban J connectivity index is 4.38. The SMILES string of the molecule is COC(=O)C(Cl)(Cl)S(=O)CCF. The quantitative estimate of drug-likeness (QED) is 0.541. The first-order chi connectivity index (χ1) is 5.46. The number of rotatable bonds is 4. The van der Waals surface area contributed by atoms with Crippen molar-refractivity contribution in [2.75, 3.05) is 19.5 Å². The molecule has 1 atom stereocenters. The van der Waals surface area contributed by atoms with Crippen LogP contribution in [0.5, 0.6) is 0 Å². The number of hydrogen-bond acceptors (Lipinski definition) is 3. The van der Waals surface area contributed by atoms with E-state index in [1.165, 1.54) is 0 Å². The highest BCUT2D eigenvalue weighted by Gasteiger charge is 2.41. The lowest BCUT2D eigenvalue weighted by atomic mass is 10.8. The fourth-order valence-corrected chi connectivity index (χ4v) is 1.69. The van der Waals surface area contributed by atoms with E-state index in [1.54, 1.807) is 0 Å². The average Bonchev–Trinajstić information content (AvgIpc) is 2.03. The molecule has 0 radical (unpaired) electrons. The number of methoxy groups -OCH3 is 1. The van der Waals surface area contributed by atoms with Gasteiger partial charge in [-0.1, -0.05) is 23.2 Å².